The smallest absolute Gasteiger partial charge is 0.177 e. The van der Waals surface area contributed by atoms with E-state index in [0.29, 0.717) is 0 Å². The topological polar surface area (TPSA) is 29.7 Å². The quantitative estimate of drug-likeness (QED) is 0.367. The lowest BCUT2D eigenvalue weighted by molar-refractivity contribution is -0.685. The fourth-order valence-corrected chi connectivity index (χ4v) is 3.42. The van der Waals surface area contributed by atoms with Gasteiger partial charge in [0.15, 0.2) is 18.9 Å². The molecule has 0 aliphatic carbocycles. The molecule has 0 unspecified atom stereocenters. The third-order valence-corrected chi connectivity index (χ3v) is 4.44. The van der Waals surface area contributed by atoms with Crippen LogP contribution in [0.2, 0.25) is 0 Å². The van der Waals surface area contributed by atoms with Gasteiger partial charge in [-0.2, -0.15) is 4.57 Å². The predicted octanol–water partition coefficient (Wildman–Crippen LogP) is 3.71. The van der Waals surface area contributed by atoms with E-state index in [0.717, 1.165) is 6.54 Å². The van der Waals surface area contributed by atoms with Crippen LogP contribution in [0.1, 0.15) is 5.56 Å². The molecule has 3 heterocycles. The molecule has 108 valence electrons. The summed E-state index contributed by atoms with van der Waals surface area (Å²) < 4.78 is 2.25. The van der Waals surface area contributed by atoms with Crippen molar-refractivity contribution in [1.82, 2.24) is 9.97 Å². The highest BCUT2D eigenvalue weighted by atomic mass is 14.9. The monoisotopic (exact) mass is 296 g/mol. The second-order valence-corrected chi connectivity index (χ2v) is 5.93. The lowest BCUT2D eigenvalue weighted by atomic mass is 9.97. The normalized spacial score (nSPS) is 11.7. The van der Waals surface area contributed by atoms with Crippen molar-refractivity contribution in [2.45, 2.75) is 6.54 Å². The van der Waals surface area contributed by atoms with Crippen LogP contribution in [0.3, 0.4) is 0 Å². The van der Waals surface area contributed by atoms with E-state index in [4.69, 9.17) is 0 Å². The summed E-state index contributed by atoms with van der Waals surface area (Å²) in [4.78, 5) is 8.42. The largest absolute Gasteiger partial charge is 0.265 e. The maximum absolute atomic E-state index is 4.33. The van der Waals surface area contributed by atoms with Gasteiger partial charge in [-0.3, -0.25) is 9.97 Å². The number of rotatable bonds is 2. The average molecular weight is 296 g/mol. The molecule has 0 spiro atoms. The molecule has 3 aromatic heterocycles. The number of aromatic nitrogens is 3. The van der Waals surface area contributed by atoms with E-state index in [1.165, 1.54) is 37.9 Å². The van der Waals surface area contributed by atoms with Crippen molar-refractivity contribution in [3.05, 3.63) is 79.1 Å². The number of pyridine rings is 3. The number of nitrogens with zero attached hydrogens (tertiary/aromatic N) is 3. The summed E-state index contributed by atoms with van der Waals surface area (Å²) in [6, 6.07) is 12.8. The van der Waals surface area contributed by atoms with E-state index in [-0.39, 0.29) is 0 Å². The SMILES string of the molecule is c1cc(C[n+]2cc3ccc4cncc5ccc(c2)c3c45)ccn1. The van der Waals surface area contributed by atoms with Gasteiger partial charge < -0.3 is 0 Å². The Morgan fingerprint density at radius 1 is 0.652 bits per heavy atom. The van der Waals surface area contributed by atoms with E-state index in [2.05, 4.69) is 63.3 Å². The minimum atomic E-state index is 0.848. The number of hydrogen-bond acceptors (Lipinski definition) is 2. The maximum Gasteiger partial charge on any atom is 0.177 e. The Kier molecular flexibility index (Phi) is 2.56. The second kappa shape index (κ2) is 4.71. The molecule has 0 saturated heterocycles. The zero-order valence-electron chi connectivity index (χ0n) is 12.5. The van der Waals surface area contributed by atoms with Crippen LogP contribution in [0.5, 0.6) is 0 Å². The number of benzene rings is 2. The molecule has 23 heavy (non-hydrogen) atoms. The Hall–Kier alpha value is -3.07. The third-order valence-electron chi connectivity index (χ3n) is 4.44. The van der Waals surface area contributed by atoms with Gasteiger partial charge in [-0.05, 0) is 24.3 Å². The highest BCUT2D eigenvalue weighted by molar-refractivity contribution is 6.21. The summed E-state index contributed by atoms with van der Waals surface area (Å²) >= 11 is 0. The van der Waals surface area contributed by atoms with Crippen molar-refractivity contribution in [3.8, 4) is 0 Å². The first kappa shape index (κ1) is 12.5. The van der Waals surface area contributed by atoms with Gasteiger partial charge in [0.05, 0.1) is 0 Å². The van der Waals surface area contributed by atoms with Crippen molar-refractivity contribution >= 4 is 32.3 Å². The van der Waals surface area contributed by atoms with Crippen molar-refractivity contribution in [1.29, 1.82) is 0 Å². The standard InChI is InChI=1S/C20H14N3/c1-3-17-12-23(11-14-5-7-21-8-6-14)13-18-4-2-16-10-22-9-15(1)19(16)20(17)18/h1-10,12-13H,11H2/q+1. The van der Waals surface area contributed by atoms with Crippen LogP contribution in [-0.4, -0.2) is 9.97 Å². The number of hydrogen-bond donors (Lipinski definition) is 0. The summed E-state index contributed by atoms with van der Waals surface area (Å²) in [6.45, 7) is 0.848. The van der Waals surface area contributed by atoms with Crippen LogP contribution in [0, 0.1) is 0 Å². The van der Waals surface area contributed by atoms with Crippen LogP contribution in [0.4, 0.5) is 0 Å². The predicted molar refractivity (Wildman–Crippen MR) is 91.5 cm³/mol. The Morgan fingerprint density at radius 3 is 1.87 bits per heavy atom. The van der Waals surface area contributed by atoms with E-state index >= 15 is 0 Å². The molecule has 2 aromatic carbocycles. The van der Waals surface area contributed by atoms with Crippen LogP contribution in [0.25, 0.3) is 32.3 Å². The first-order chi connectivity index (χ1) is 11.4. The Balaban J connectivity index is 1.78. The lowest BCUT2D eigenvalue weighted by Crippen LogP contribution is -2.33. The molecule has 3 heteroatoms. The molecule has 0 N–H and O–H groups in total. The van der Waals surface area contributed by atoms with Crippen molar-refractivity contribution in [2.75, 3.05) is 0 Å². The second-order valence-electron chi connectivity index (χ2n) is 5.93. The molecule has 5 rings (SSSR count). The van der Waals surface area contributed by atoms with Crippen LogP contribution >= 0.6 is 0 Å². The molecule has 0 amide bonds. The maximum atomic E-state index is 4.33. The van der Waals surface area contributed by atoms with Gasteiger partial charge in [0, 0.05) is 62.7 Å². The van der Waals surface area contributed by atoms with Crippen molar-refractivity contribution < 1.29 is 4.57 Å². The van der Waals surface area contributed by atoms with Gasteiger partial charge >= 0.3 is 0 Å². The molecule has 0 saturated carbocycles. The summed E-state index contributed by atoms with van der Waals surface area (Å²) in [5.41, 5.74) is 1.25. The fraction of sp³-hybridized carbons (Fsp3) is 0.0500. The molecule has 0 bridgehead atoms. The highest BCUT2D eigenvalue weighted by Gasteiger charge is 2.13. The van der Waals surface area contributed by atoms with Gasteiger partial charge in [-0.15, -0.1) is 0 Å². The van der Waals surface area contributed by atoms with Crippen LogP contribution in [0.15, 0.2) is 73.6 Å². The van der Waals surface area contributed by atoms with Crippen molar-refractivity contribution in [2.24, 2.45) is 0 Å². The van der Waals surface area contributed by atoms with Crippen LogP contribution in [-0.2, 0) is 6.54 Å². The fourth-order valence-electron chi connectivity index (χ4n) is 3.42. The molecule has 0 radical (unpaired) electrons. The molecule has 3 nitrogen and oxygen atoms in total. The summed E-state index contributed by atoms with van der Waals surface area (Å²) in [5.74, 6) is 0. The molecule has 5 aromatic rings. The van der Waals surface area contributed by atoms with Gasteiger partial charge in [-0.1, -0.05) is 12.1 Å². The van der Waals surface area contributed by atoms with Crippen molar-refractivity contribution in [3.63, 3.8) is 0 Å². The molecular formula is C20H14N3+. The Bertz CT molecular complexity index is 1070. The molecule has 0 aliphatic heterocycles. The molecule has 0 fully saturated rings. The van der Waals surface area contributed by atoms with Gasteiger partial charge in [-0.25, -0.2) is 0 Å². The minimum Gasteiger partial charge on any atom is -0.265 e. The first-order valence-electron chi connectivity index (χ1n) is 7.69. The van der Waals surface area contributed by atoms with Gasteiger partial charge in [0.2, 0.25) is 0 Å². The van der Waals surface area contributed by atoms with Gasteiger partial charge in [0.1, 0.15) is 0 Å². The molecule has 0 aliphatic rings. The third kappa shape index (κ3) is 1.94. The van der Waals surface area contributed by atoms with E-state index in [1.54, 1.807) is 0 Å². The van der Waals surface area contributed by atoms with E-state index < -0.39 is 0 Å². The zero-order valence-corrected chi connectivity index (χ0v) is 12.5. The Labute approximate surface area is 133 Å². The van der Waals surface area contributed by atoms with E-state index in [9.17, 15) is 0 Å². The summed E-state index contributed by atoms with van der Waals surface area (Å²) in [7, 11) is 0. The molecular weight excluding hydrogens is 282 g/mol. The minimum absolute atomic E-state index is 0.848. The molecule has 0 atom stereocenters. The van der Waals surface area contributed by atoms with E-state index in [1.807, 2.05) is 24.8 Å². The lowest BCUT2D eigenvalue weighted by Gasteiger charge is -2.09. The first-order valence-corrected chi connectivity index (χ1v) is 7.69. The highest BCUT2D eigenvalue weighted by Crippen LogP contribution is 2.32. The average Bonchev–Trinajstić information content (AvgIpc) is 2.60. The van der Waals surface area contributed by atoms with Gasteiger partial charge in [0.25, 0.3) is 0 Å². The Morgan fingerprint density at radius 2 is 1.22 bits per heavy atom. The summed E-state index contributed by atoms with van der Waals surface area (Å²) in [6.07, 6.45) is 12.0. The summed E-state index contributed by atoms with van der Waals surface area (Å²) in [5, 5.41) is 7.57. The zero-order chi connectivity index (χ0) is 15.2. The van der Waals surface area contributed by atoms with Crippen LogP contribution < -0.4 is 4.57 Å².